The molecule has 1 amide bonds. The van der Waals surface area contributed by atoms with Gasteiger partial charge >= 0.3 is 0 Å². The number of benzene rings is 1. The van der Waals surface area contributed by atoms with E-state index < -0.39 is 0 Å². The maximum Gasteiger partial charge on any atom is 0.266 e. The number of likely N-dealkylation sites (N-methyl/N-ethyl adjacent to an activating group) is 1. The minimum atomic E-state index is -0.0691. The lowest BCUT2D eigenvalue weighted by Crippen LogP contribution is -2.27. The number of amides is 1. The van der Waals surface area contributed by atoms with Crippen LogP contribution < -0.4 is 0 Å². The number of thiocarbonyl (C=S) groups is 1. The number of carbonyl (C=O) groups excluding carboxylic acids is 1. The summed E-state index contributed by atoms with van der Waals surface area (Å²) >= 11 is 6.61. The van der Waals surface area contributed by atoms with Crippen LogP contribution in [-0.2, 0) is 4.79 Å². The smallest absolute Gasteiger partial charge is 0.266 e. The first-order chi connectivity index (χ1) is 12.7. The zero-order valence-electron chi connectivity index (χ0n) is 14.0. The van der Waals surface area contributed by atoms with E-state index in [1.165, 1.54) is 11.8 Å². The third-order valence-corrected chi connectivity index (χ3v) is 5.37. The average Bonchev–Trinajstić information content (AvgIpc) is 3.36. The minimum Gasteiger partial charge on any atom is -0.463 e. The van der Waals surface area contributed by atoms with Gasteiger partial charge in [0.25, 0.3) is 5.91 Å². The molecule has 1 fully saturated rings. The lowest BCUT2D eigenvalue weighted by molar-refractivity contribution is -0.121. The Morgan fingerprint density at radius 2 is 2.04 bits per heavy atom. The second-order valence-corrected chi connectivity index (χ2v) is 7.29. The molecule has 2 aromatic heterocycles. The molecular formula is C19H15N3O2S2. The van der Waals surface area contributed by atoms with Crippen LogP contribution in [0.1, 0.15) is 12.5 Å². The Balaban J connectivity index is 1.80. The van der Waals surface area contributed by atoms with E-state index in [-0.39, 0.29) is 5.91 Å². The summed E-state index contributed by atoms with van der Waals surface area (Å²) < 4.78 is 7.90. The van der Waals surface area contributed by atoms with Crippen LogP contribution in [0.2, 0.25) is 0 Å². The number of aromatic nitrogens is 2. The summed E-state index contributed by atoms with van der Waals surface area (Å²) in [5.41, 5.74) is 2.42. The molecule has 3 aromatic rings. The highest BCUT2D eigenvalue weighted by atomic mass is 32.2. The fraction of sp³-hybridized carbons (Fsp3) is 0.105. The van der Waals surface area contributed by atoms with E-state index in [0.29, 0.717) is 27.2 Å². The van der Waals surface area contributed by atoms with Gasteiger partial charge in [-0.2, -0.15) is 5.10 Å². The fourth-order valence-electron chi connectivity index (χ4n) is 2.72. The van der Waals surface area contributed by atoms with E-state index in [9.17, 15) is 4.79 Å². The van der Waals surface area contributed by atoms with Crippen LogP contribution in [0.5, 0.6) is 0 Å². The molecule has 0 N–H and O–H groups in total. The quantitative estimate of drug-likeness (QED) is 0.497. The molecule has 1 aliphatic rings. The van der Waals surface area contributed by atoms with Gasteiger partial charge in [0.15, 0.2) is 5.76 Å². The van der Waals surface area contributed by atoms with Gasteiger partial charge in [0.05, 0.1) is 16.9 Å². The summed E-state index contributed by atoms with van der Waals surface area (Å²) in [6, 6.07) is 13.5. The lowest BCUT2D eigenvalue weighted by Gasteiger charge is -2.09. The highest BCUT2D eigenvalue weighted by Gasteiger charge is 2.31. The Labute approximate surface area is 160 Å². The van der Waals surface area contributed by atoms with Crippen molar-refractivity contribution >= 4 is 40.3 Å². The summed E-state index contributed by atoms with van der Waals surface area (Å²) in [5, 5.41) is 4.66. The number of nitrogens with zero attached hydrogens (tertiary/aromatic N) is 3. The minimum absolute atomic E-state index is 0.0691. The summed E-state index contributed by atoms with van der Waals surface area (Å²) in [5.74, 6) is 0.581. The largest absolute Gasteiger partial charge is 0.463 e. The normalized spacial score (nSPS) is 16.0. The van der Waals surface area contributed by atoms with Crippen LogP contribution in [0.15, 0.2) is 64.2 Å². The van der Waals surface area contributed by atoms with Crippen molar-refractivity contribution in [1.29, 1.82) is 0 Å². The Bertz CT molecular complexity index is 991. The van der Waals surface area contributed by atoms with Gasteiger partial charge in [0.1, 0.15) is 10.0 Å². The lowest BCUT2D eigenvalue weighted by atomic mass is 10.2. The first-order valence-corrected chi connectivity index (χ1v) is 9.34. The van der Waals surface area contributed by atoms with Gasteiger partial charge in [-0.25, -0.2) is 4.68 Å². The summed E-state index contributed by atoms with van der Waals surface area (Å²) in [6.45, 7) is 2.48. The predicted octanol–water partition coefficient (Wildman–Crippen LogP) is 4.35. The van der Waals surface area contributed by atoms with E-state index in [4.69, 9.17) is 16.6 Å². The number of carbonyl (C=O) groups is 1. The number of rotatable bonds is 4. The van der Waals surface area contributed by atoms with Gasteiger partial charge in [-0.15, -0.1) is 0 Å². The van der Waals surface area contributed by atoms with E-state index >= 15 is 0 Å². The molecule has 26 heavy (non-hydrogen) atoms. The van der Waals surface area contributed by atoms with Gasteiger partial charge < -0.3 is 4.42 Å². The molecule has 5 nitrogen and oxygen atoms in total. The number of thioether (sulfide) groups is 1. The first kappa shape index (κ1) is 16.8. The highest BCUT2D eigenvalue weighted by Crippen LogP contribution is 2.34. The molecule has 0 radical (unpaired) electrons. The highest BCUT2D eigenvalue weighted by molar-refractivity contribution is 8.26. The van der Waals surface area contributed by atoms with Crippen LogP contribution in [0, 0.1) is 0 Å². The Hall–Kier alpha value is -2.64. The molecule has 130 valence electrons. The molecule has 0 aliphatic carbocycles. The zero-order chi connectivity index (χ0) is 18.1. The molecule has 0 atom stereocenters. The molecule has 1 aromatic carbocycles. The van der Waals surface area contributed by atoms with Crippen molar-refractivity contribution in [1.82, 2.24) is 14.7 Å². The monoisotopic (exact) mass is 381 g/mol. The molecule has 0 unspecified atom stereocenters. The standard InChI is InChI=1S/C19H15N3O2S2/c1-2-21-18(23)16(26-19(21)25)11-13-12-22(14-7-4-3-5-8-14)20-17(13)15-9-6-10-24-15/h3-12H,2H2,1H3. The molecule has 1 aliphatic heterocycles. The van der Waals surface area contributed by atoms with E-state index in [0.717, 1.165) is 11.3 Å². The Kier molecular flexibility index (Phi) is 4.48. The fourth-order valence-corrected chi connectivity index (χ4v) is 4.10. The molecule has 1 saturated heterocycles. The number of hydrogen-bond acceptors (Lipinski definition) is 5. The van der Waals surface area contributed by atoms with Gasteiger partial charge in [0.2, 0.25) is 0 Å². The second-order valence-electron chi connectivity index (χ2n) is 5.62. The zero-order valence-corrected chi connectivity index (χ0v) is 15.6. The molecule has 3 heterocycles. The topological polar surface area (TPSA) is 51.3 Å². The summed E-state index contributed by atoms with van der Waals surface area (Å²) in [4.78, 5) is 14.7. The summed E-state index contributed by atoms with van der Waals surface area (Å²) in [6.07, 6.45) is 5.34. The van der Waals surface area contributed by atoms with Crippen molar-refractivity contribution in [2.75, 3.05) is 6.54 Å². The van der Waals surface area contributed by atoms with E-state index in [1.54, 1.807) is 15.8 Å². The Morgan fingerprint density at radius 3 is 2.69 bits per heavy atom. The maximum atomic E-state index is 12.5. The number of hydrogen-bond donors (Lipinski definition) is 0. The molecule has 0 spiro atoms. The van der Waals surface area contributed by atoms with E-state index in [2.05, 4.69) is 5.10 Å². The second kappa shape index (κ2) is 6.93. The molecular weight excluding hydrogens is 366 g/mol. The van der Waals surface area contributed by atoms with Crippen molar-refractivity contribution < 1.29 is 9.21 Å². The number of para-hydroxylation sites is 1. The molecule has 0 bridgehead atoms. The van der Waals surface area contributed by atoms with Crippen LogP contribution in [-0.4, -0.2) is 31.5 Å². The van der Waals surface area contributed by atoms with Gasteiger partial charge in [0, 0.05) is 18.3 Å². The van der Waals surface area contributed by atoms with Crippen LogP contribution in [0.4, 0.5) is 0 Å². The van der Waals surface area contributed by atoms with Crippen molar-refractivity contribution in [3.63, 3.8) is 0 Å². The average molecular weight is 381 g/mol. The third kappa shape index (κ3) is 3.00. The van der Waals surface area contributed by atoms with Gasteiger partial charge in [-0.05, 0) is 37.3 Å². The Morgan fingerprint density at radius 1 is 1.23 bits per heavy atom. The predicted molar refractivity (Wildman–Crippen MR) is 107 cm³/mol. The van der Waals surface area contributed by atoms with Crippen LogP contribution >= 0.6 is 24.0 Å². The molecule has 4 rings (SSSR count). The van der Waals surface area contributed by atoms with Crippen molar-refractivity contribution in [3.05, 3.63) is 65.4 Å². The first-order valence-electron chi connectivity index (χ1n) is 8.11. The van der Waals surface area contributed by atoms with Crippen molar-refractivity contribution in [2.24, 2.45) is 0 Å². The number of furan rings is 1. The van der Waals surface area contributed by atoms with Gasteiger partial charge in [-0.1, -0.05) is 42.2 Å². The van der Waals surface area contributed by atoms with Gasteiger partial charge in [-0.3, -0.25) is 9.69 Å². The molecule has 7 heteroatoms. The van der Waals surface area contributed by atoms with E-state index in [1.807, 2.05) is 61.7 Å². The third-order valence-electron chi connectivity index (χ3n) is 3.99. The summed E-state index contributed by atoms with van der Waals surface area (Å²) in [7, 11) is 0. The van der Waals surface area contributed by atoms with Crippen LogP contribution in [0.25, 0.3) is 23.2 Å². The van der Waals surface area contributed by atoms with Crippen molar-refractivity contribution in [2.45, 2.75) is 6.92 Å². The maximum absolute atomic E-state index is 12.5. The van der Waals surface area contributed by atoms with Crippen molar-refractivity contribution in [3.8, 4) is 17.1 Å². The SMILES string of the molecule is CCN1C(=O)C(=Cc2cn(-c3ccccc3)nc2-c2ccco2)SC1=S. The van der Waals surface area contributed by atoms with Crippen LogP contribution in [0.3, 0.4) is 0 Å². The molecule has 0 saturated carbocycles.